The summed E-state index contributed by atoms with van der Waals surface area (Å²) in [4.78, 5) is 22.5. The molecule has 0 aliphatic carbocycles. The Hall–Kier alpha value is -1.93. The minimum atomic E-state index is -3.74. The first-order chi connectivity index (χ1) is 10.8. The number of esters is 1. The van der Waals surface area contributed by atoms with Crippen molar-refractivity contribution in [2.24, 2.45) is 5.73 Å². The van der Waals surface area contributed by atoms with Gasteiger partial charge in [0.05, 0.1) is 11.5 Å². The largest absolute Gasteiger partial charge is 0.466 e. The van der Waals surface area contributed by atoms with E-state index in [1.807, 2.05) is 0 Å². The lowest BCUT2D eigenvalue weighted by Gasteiger charge is -2.20. The minimum Gasteiger partial charge on any atom is -0.466 e. The van der Waals surface area contributed by atoms with Gasteiger partial charge in [-0.15, -0.1) is 0 Å². The molecule has 128 valence electrons. The van der Waals surface area contributed by atoms with Crippen LogP contribution in [-0.4, -0.2) is 44.3 Å². The van der Waals surface area contributed by atoms with Crippen molar-refractivity contribution in [3.05, 3.63) is 29.8 Å². The number of primary amides is 1. The fourth-order valence-corrected chi connectivity index (χ4v) is 3.57. The van der Waals surface area contributed by atoms with Crippen molar-refractivity contribution in [2.75, 3.05) is 19.7 Å². The number of ether oxygens (including phenoxy) is 1. The maximum Gasteiger partial charge on any atom is 0.305 e. The summed E-state index contributed by atoms with van der Waals surface area (Å²) in [5.74, 6) is -1.04. The summed E-state index contributed by atoms with van der Waals surface area (Å²) in [5.41, 5.74) is 5.31. The summed E-state index contributed by atoms with van der Waals surface area (Å²) >= 11 is 0. The Morgan fingerprint density at radius 3 is 2.52 bits per heavy atom. The van der Waals surface area contributed by atoms with Crippen LogP contribution in [0.5, 0.6) is 0 Å². The van der Waals surface area contributed by atoms with Crippen molar-refractivity contribution in [1.29, 1.82) is 0 Å². The molecule has 0 saturated heterocycles. The van der Waals surface area contributed by atoms with E-state index >= 15 is 0 Å². The van der Waals surface area contributed by atoms with Crippen LogP contribution in [0, 0.1) is 0 Å². The molecule has 1 aromatic rings. The van der Waals surface area contributed by atoms with Crippen molar-refractivity contribution < 1.29 is 22.7 Å². The Morgan fingerprint density at radius 1 is 1.26 bits per heavy atom. The molecule has 0 aromatic heterocycles. The number of nitrogens with two attached hydrogens (primary N) is 1. The van der Waals surface area contributed by atoms with Crippen LogP contribution in [0.4, 0.5) is 0 Å². The van der Waals surface area contributed by atoms with Crippen LogP contribution in [0.25, 0.3) is 0 Å². The predicted molar refractivity (Wildman–Crippen MR) is 85.3 cm³/mol. The molecule has 0 atom stereocenters. The molecule has 0 aliphatic heterocycles. The normalized spacial score (nSPS) is 11.4. The van der Waals surface area contributed by atoms with E-state index < -0.39 is 15.9 Å². The van der Waals surface area contributed by atoms with E-state index in [4.69, 9.17) is 10.5 Å². The van der Waals surface area contributed by atoms with Gasteiger partial charge < -0.3 is 10.5 Å². The molecule has 0 fully saturated rings. The smallest absolute Gasteiger partial charge is 0.305 e. The highest BCUT2D eigenvalue weighted by Gasteiger charge is 2.23. The Labute approximate surface area is 136 Å². The number of sulfonamides is 1. The topological polar surface area (TPSA) is 107 Å². The van der Waals surface area contributed by atoms with E-state index in [2.05, 4.69) is 0 Å². The Bertz CT molecular complexity index is 658. The number of hydrogen-bond acceptors (Lipinski definition) is 5. The fourth-order valence-electron chi connectivity index (χ4n) is 2.04. The molecule has 0 unspecified atom stereocenters. The first kappa shape index (κ1) is 19.1. The molecule has 0 saturated carbocycles. The zero-order valence-corrected chi connectivity index (χ0v) is 14.1. The van der Waals surface area contributed by atoms with E-state index in [-0.39, 0.29) is 35.9 Å². The van der Waals surface area contributed by atoms with Gasteiger partial charge in [-0.1, -0.05) is 13.0 Å². The van der Waals surface area contributed by atoms with Gasteiger partial charge in [0.1, 0.15) is 0 Å². The molecule has 23 heavy (non-hydrogen) atoms. The Kier molecular flexibility index (Phi) is 7.18. The second-order valence-electron chi connectivity index (χ2n) is 4.80. The number of carbonyl (C=O) groups excluding carboxylic acids is 2. The van der Waals surface area contributed by atoms with Gasteiger partial charge in [-0.2, -0.15) is 4.31 Å². The lowest BCUT2D eigenvalue weighted by Crippen LogP contribution is -2.32. The summed E-state index contributed by atoms with van der Waals surface area (Å²) in [6.45, 7) is 4.17. The molecule has 1 rings (SSSR count). The summed E-state index contributed by atoms with van der Waals surface area (Å²) in [6, 6.07) is 5.60. The average molecular weight is 342 g/mol. The monoisotopic (exact) mass is 342 g/mol. The Balaban J connectivity index is 2.85. The zero-order chi connectivity index (χ0) is 17.5. The molecule has 1 aromatic carbocycles. The molecule has 2 N–H and O–H groups in total. The summed E-state index contributed by atoms with van der Waals surface area (Å²) < 4.78 is 31.3. The minimum absolute atomic E-state index is 0.00628. The fraction of sp³-hybridized carbons (Fsp3) is 0.467. The van der Waals surface area contributed by atoms with Gasteiger partial charge in [0.2, 0.25) is 15.9 Å². The number of carbonyl (C=O) groups is 2. The standard InChI is InChI=1S/C15H22N2O5S/c1-3-17(10-6-9-14(18)22-4-2)23(20,21)13-8-5-7-12(11-13)15(16)19/h5,7-8,11H,3-4,6,9-10H2,1-2H3,(H2,16,19). The van der Waals surface area contributed by atoms with Crippen LogP contribution >= 0.6 is 0 Å². The van der Waals surface area contributed by atoms with Crippen LogP contribution in [0.2, 0.25) is 0 Å². The molecule has 1 amide bonds. The first-order valence-corrected chi connectivity index (χ1v) is 8.82. The molecule has 8 heteroatoms. The van der Waals surface area contributed by atoms with E-state index in [0.717, 1.165) is 0 Å². The zero-order valence-electron chi connectivity index (χ0n) is 13.3. The first-order valence-electron chi connectivity index (χ1n) is 7.38. The Morgan fingerprint density at radius 2 is 1.96 bits per heavy atom. The van der Waals surface area contributed by atoms with Gasteiger partial charge in [0.25, 0.3) is 0 Å². The van der Waals surface area contributed by atoms with Gasteiger partial charge in [-0.05, 0) is 31.5 Å². The van der Waals surface area contributed by atoms with Crippen LogP contribution in [0.15, 0.2) is 29.2 Å². The lowest BCUT2D eigenvalue weighted by molar-refractivity contribution is -0.143. The molecule has 0 aliphatic rings. The van der Waals surface area contributed by atoms with Gasteiger partial charge in [-0.3, -0.25) is 9.59 Å². The van der Waals surface area contributed by atoms with E-state index in [1.165, 1.54) is 28.6 Å². The van der Waals surface area contributed by atoms with Crippen LogP contribution < -0.4 is 5.73 Å². The molecular weight excluding hydrogens is 320 g/mol. The maximum atomic E-state index is 12.6. The lowest BCUT2D eigenvalue weighted by atomic mass is 10.2. The van der Waals surface area contributed by atoms with Crippen molar-refractivity contribution in [3.63, 3.8) is 0 Å². The molecule has 0 bridgehead atoms. The summed E-state index contributed by atoms with van der Waals surface area (Å²) in [5, 5.41) is 0. The highest BCUT2D eigenvalue weighted by atomic mass is 32.2. The van der Waals surface area contributed by atoms with Gasteiger partial charge >= 0.3 is 5.97 Å². The number of benzene rings is 1. The predicted octanol–water partition coefficient (Wildman–Crippen LogP) is 1.14. The quantitative estimate of drug-likeness (QED) is 0.677. The van der Waals surface area contributed by atoms with Crippen LogP contribution in [0.3, 0.4) is 0 Å². The van der Waals surface area contributed by atoms with Crippen molar-refractivity contribution in [1.82, 2.24) is 4.31 Å². The van der Waals surface area contributed by atoms with E-state index in [0.29, 0.717) is 13.0 Å². The highest BCUT2D eigenvalue weighted by molar-refractivity contribution is 7.89. The maximum absolute atomic E-state index is 12.6. The second-order valence-corrected chi connectivity index (χ2v) is 6.74. The molecule has 0 spiro atoms. The van der Waals surface area contributed by atoms with Crippen LogP contribution in [-0.2, 0) is 19.6 Å². The third kappa shape index (κ3) is 5.33. The molecular formula is C15H22N2O5S. The molecule has 0 radical (unpaired) electrons. The third-order valence-electron chi connectivity index (χ3n) is 3.20. The van der Waals surface area contributed by atoms with E-state index in [1.54, 1.807) is 13.8 Å². The van der Waals surface area contributed by atoms with Crippen molar-refractivity contribution >= 4 is 21.9 Å². The number of amides is 1. The SMILES string of the molecule is CCOC(=O)CCCN(CC)S(=O)(=O)c1cccc(C(N)=O)c1. The number of rotatable bonds is 9. The van der Waals surface area contributed by atoms with Gasteiger partial charge in [0, 0.05) is 25.1 Å². The number of hydrogen-bond donors (Lipinski definition) is 1. The van der Waals surface area contributed by atoms with Crippen LogP contribution in [0.1, 0.15) is 37.0 Å². The summed E-state index contributed by atoms with van der Waals surface area (Å²) in [6.07, 6.45) is 0.516. The van der Waals surface area contributed by atoms with E-state index in [9.17, 15) is 18.0 Å². The average Bonchev–Trinajstić information content (AvgIpc) is 2.51. The molecule has 0 heterocycles. The second kappa shape index (κ2) is 8.64. The van der Waals surface area contributed by atoms with Gasteiger partial charge in [0.15, 0.2) is 0 Å². The number of nitrogens with zero attached hydrogens (tertiary/aromatic N) is 1. The van der Waals surface area contributed by atoms with Crippen molar-refractivity contribution in [3.8, 4) is 0 Å². The van der Waals surface area contributed by atoms with Gasteiger partial charge in [-0.25, -0.2) is 8.42 Å². The third-order valence-corrected chi connectivity index (χ3v) is 5.17. The highest BCUT2D eigenvalue weighted by Crippen LogP contribution is 2.17. The van der Waals surface area contributed by atoms with Crippen molar-refractivity contribution in [2.45, 2.75) is 31.6 Å². The summed E-state index contributed by atoms with van der Waals surface area (Å²) in [7, 11) is -3.74. The molecule has 7 nitrogen and oxygen atoms in total.